The molecule has 4 rings (SSSR count). The maximum atomic E-state index is 13.6. The summed E-state index contributed by atoms with van der Waals surface area (Å²) in [4.78, 5) is 42.6. The first kappa shape index (κ1) is 27.2. The monoisotopic (exact) mass is 562 g/mol. The molecular weight excluding hydrogens is 548 g/mol. The van der Waals surface area contributed by atoms with Crippen molar-refractivity contribution < 1.29 is 42.3 Å². The van der Waals surface area contributed by atoms with Crippen LogP contribution in [0.1, 0.15) is 37.4 Å². The number of rotatable bonds is 7. The van der Waals surface area contributed by atoms with Gasteiger partial charge in [-0.2, -0.15) is 8.42 Å². The Labute approximate surface area is 223 Å². The lowest BCUT2D eigenvalue weighted by atomic mass is 9.91. The highest BCUT2D eigenvalue weighted by Crippen LogP contribution is 2.40. The molecule has 1 aliphatic carbocycles. The number of fused-ring (bicyclic) bond motifs is 1. The Morgan fingerprint density at radius 2 is 1.52 bits per heavy atom. The number of hydrogen-bond acceptors (Lipinski definition) is 11. The first-order chi connectivity index (χ1) is 18.9. The highest BCUT2D eigenvalue weighted by molar-refractivity contribution is 7.87. The van der Waals surface area contributed by atoms with Crippen molar-refractivity contribution in [1.29, 1.82) is 0 Å². The molecule has 0 saturated carbocycles. The van der Waals surface area contributed by atoms with E-state index in [-0.39, 0.29) is 5.56 Å². The van der Waals surface area contributed by atoms with Gasteiger partial charge in [-0.3, -0.25) is 14.4 Å². The first-order valence-electron chi connectivity index (χ1n) is 10.8. The molecule has 0 spiro atoms. The molecule has 3 aromatic carbocycles. The average Bonchev–Trinajstić information content (AvgIpc) is 2.91. The van der Waals surface area contributed by atoms with Gasteiger partial charge in [0.15, 0.2) is 17.2 Å². The Morgan fingerprint density at radius 1 is 0.875 bits per heavy atom. The molecule has 0 aliphatic heterocycles. The predicted octanol–water partition coefficient (Wildman–Crippen LogP) is 4.17. The molecule has 40 heavy (non-hydrogen) atoms. The van der Waals surface area contributed by atoms with E-state index in [1.807, 2.05) is 0 Å². The van der Waals surface area contributed by atoms with Crippen molar-refractivity contribution in [2.75, 3.05) is 0 Å². The lowest BCUT2D eigenvalue weighted by molar-refractivity contribution is -0.111. The molecule has 0 aromatic heterocycles. The van der Waals surface area contributed by atoms with Gasteiger partial charge in [0.1, 0.15) is 4.90 Å². The van der Waals surface area contributed by atoms with Crippen LogP contribution in [0, 0.1) is 6.92 Å². The molecule has 16 heteroatoms. The number of aryl methyl sites for hydroxylation is 1. The SMILES string of the molecule is Cc1ccc(C(=O)c2ccc(O)c(O)c2O)c(OS(=O)(=O)c2cccc3c2C(N=[N+]=[N-])=C(N=[N+]=[N-])C(=O)C3=O)c1. The van der Waals surface area contributed by atoms with Gasteiger partial charge in [0.2, 0.25) is 23.1 Å². The summed E-state index contributed by atoms with van der Waals surface area (Å²) in [5.41, 5.74) is 14.7. The van der Waals surface area contributed by atoms with Crippen LogP contribution in [-0.4, -0.2) is 41.1 Å². The third-order valence-electron chi connectivity index (χ3n) is 5.67. The maximum absolute atomic E-state index is 13.6. The molecule has 0 bridgehead atoms. The summed E-state index contributed by atoms with van der Waals surface area (Å²) in [6.45, 7) is 1.56. The van der Waals surface area contributed by atoms with Gasteiger partial charge in [0, 0.05) is 21.0 Å². The topological polar surface area (TPSA) is 253 Å². The van der Waals surface area contributed by atoms with Crippen molar-refractivity contribution in [1.82, 2.24) is 0 Å². The highest BCUT2D eigenvalue weighted by atomic mass is 32.2. The van der Waals surface area contributed by atoms with E-state index >= 15 is 0 Å². The number of benzene rings is 3. The number of aromatic hydroxyl groups is 3. The molecule has 0 saturated heterocycles. The van der Waals surface area contributed by atoms with Crippen molar-refractivity contribution in [2.24, 2.45) is 10.2 Å². The molecule has 3 aromatic rings. The number of nitrogens with zero attached hydrogens (tertiary/aromatic N) is 6. The van der Waals surface area contributed by atoms with Crippen molar-refractivity contribution in [3.63, 3.8) is 0 Å². The fourth-order valence-corrected chi connectivity index (χ4v) is 5.02. The predicted molar refractivity (Wildman–Crippen MR) is 135 cm³/mol. The molecule has 0 radical (unpaired) electrons. The summed E-state index contributed by atoms with van der Waals surface area (Å²) in [5, 5.41) is 35.9. The summed E-state index contributed by atoms with van der Waals surface area (Å²) >= 11 is 0. The van der Waals surface area contributed by atoms with Gasteiger partial charge in [-0.15, -0.1) is 0 Å². The van der Waals surface area contributed by atoms with Gasteiger partial charge < -0.3 is 19.5 Å². The fraction of sp³-hybridized carbons (Fsp3) is 0.0417. The lowest BCUT2D eigenvalue weighted by Gasteiger charge is -2.20. The van der Waals surface area contributed by atoms with Crippen LogP contribution in [0.2, 0.25) is 0 Å². The number of carbonyl (C=O) groups is 3. The van der Waals surface area contributed by atoms with Crippen LogP contribution in [0.5, 0.6) is 23.0 Å². The Hall–Kier alpha value is -5.82. The Kier molecular flexibility index (Phi) is 6.91. The minimum Gasteiger partial charge on any atom is -0.504 e. The number of carbonyl (C=O) groups excluding carboxylic acids is 3. The van der Waals surface area contributed by atoms with Gasteiger partial charge in [0.05, 0.1) is 22.5 Å². The number of allylic oxidation sites excluding steroid dienone is 1. The molecule has 1 aliphatic rings. The number of phenols is 3. The van der Waals surface area contributed by atoms with Gasteiger partial charge in [-0.25, -0.2) is 0 Å². The third kappa shape index (κ3) is 4.52. The van der Waals surface area contributed by atoms with Crippen LogP contribution in [0.15, 0.2) is 69.4 Å². The fourth-order valence-electron chi connectivity index (χ4n) is 3.85. The maximum Gasteiger partial charge on any atom is 0.339 e. The summed E-state index contributed by atoms with van der Waals surface area (Å²) in [6, 6.07) is 8.93. The van der Waals surface area contributed by atoms with Crippen LogP contribution in [-0.2, 0) is 14.9 Å². The zero-order valence-electron chi connectivity index (χ0n) is 20.0. The van der Waals surface area contributed by atoms with E-state index in [1.54, 1.807) is 6.92 Å². The second-order valence-corrected chi connectivity index (χ2v) is 9.62. The molecule has 0 fully saturated rings. The minimum absolute atomic E-state index is 0.383. The zero-order chi connectivity index (χ0) is 29.4. The largest absolute Gasteiger partial charge is 0.504 e. The van der Waals surface area contributed by atoms with Crippen LogP contribution >= 0.6 is 0 Å². The van der Waals surface area contributed by atoms with Gasteiger partial charge in [-0.05, 0) is 53.9 Å². The van der Waals surface area contributed by atoms with E-state index in [0.717, 1.165) is 30.3 Å². The Bertz CT molecular complexity index is 1900. The van der Waals surface area contributed by atoms with Crippen LogP contribution in [0.3, 0.4) is 0 Å². The molecule has 0 heterocycles. The van der Waals surface area contributed by atoms with Gasteiger partial charge >= 0.3 is 10.1 Å². The summed E-state index contributed by atoms with van der Waals surface area (Å²) in [5.74, 6) is -6.73. The zero-order valence-corrected chi connectivity index (χ0v) is 20.8. The van der Waals surface area contributed by atoms with E-state index in [0.29, 0.717) is 5.56 Å². The number of hydrogen-bond donors (Lipinski definition) is 3. The molecule has 0 atom stereocenters. The van der Waals surface area contributed by atoms with Crippen molar-refractivity contribution in [2.45, 2.75) is 11.8 Å². The third-order valence-corrected chi connectivity index (χ3v) is 6.95. The summed E-state index contributed by atoms with van der Waals surface area (Å²) in [7, 11) is -4.99. The van der Waals surface area contributed by atoms with E-state index in [1.165, 1.54) is 18.2 Å². The summed E-state index contributed by atoms with van der Waals surface area (Å²) in [6.07, 6.45) is 0. The molecule has 0 unspecified atom stereocenters. The Morgan fingerprint density at radius 3 is 2.20 bits per heavy atom. The second kappa shape index (κ2) is 10.2. The van der Waals surface area contributed by atoms with E-state index in [4.69, 9.17) is 15.2 Å². The number of ketones is 3. The normalized spacial score (nSPS) is 12.7. The van der Waals surface area contributed by atoms with Gasteiger partial charge in [-0.1, -0.05) is 28.4 Å². The smallest absolute Gasteiger partial charge is 0.339 e. The number of azide groups is 2. The molecular formula is C24H14N6O9S. The van der Waals surface area contributed by atoms with Crippen LogP contribution < -0.4 is 4.18 Å². The second-order valence-electron chi connectivity index (χ2n) is 8.11. The van der Waals surface area contributed by atoms with E-state index < -0.39 is 83.4 Å². The Balaban J connectivity index is 1.91. The van der Waals surface area contributed by atoms with Crippen LogP contribution in [0.25, 0.3) is 26.6 Å². The van der Waals surface area contributed by atoms with Crippen molar-refractivity contribution in [3.8, 4) is 23.0 Å². The molecule has 200 valence electrons. The highest BCUT2D eigenvalue weighted by Gasteiger charge is 2.37. The van der Waals surface area contributed by atoms with Crippen molar-refractivity contribution in [3.05, 3.63) is 103 Å². The van der Waals surface area contributed by atoms with Gasteiger partial charge in [0.25, 0.3) is 0 Å². The number of Topliss-reactive ketones (excluding diaryl/α,β-unsaturated/α-hetero) is 2. The van der Waals surface area contributed by atoms with Crippen LogP contribution in [0.4, 0.5) is 0 Å². The quantitative estimate of drug-likeness (QED) is 0.0709. The lowest BCUT2D eigenvalue weighted by Crippen LogP contribution is -2.25. The molecule has 0 amide bonds. The molecule has 3 N–H and O–H groups in total. The summed E-state index contributed by atoms with van der Waals surface area (Å²) < 4.78 is 32.4. The van der Waals surface area contributed by atoms with E-state index in [2.05, 4.69) is 20.1 Å². The van der Waals surface area contributed by atoms with E-state index in [9.17, 15) is 38.1 Å². The first-order valence-corrected chi connectivity index (χ1v) is 12.2. The van der Waals surface area contributed by atoms with Crippen molar-refractivity contribution >= 4 is 33.2 Å². The average molecular weight is 562 g/mol. The molecule has 15 nitrogen and oxygen atoms in total. The minimum atomic E-state index is -4.99. The number of phenolic OH excluding ortho intramolecular Hbond substituents is 3. The standard InChI is InChI=1S/C24H14N6O9S/c1-10-5-6-11(20(32)13-7-8-14(31)23(35)22(13)34)15(9-10)39-40(37,38)16-4-2-3-12-17(16)18(27-29-25)19(28-30-26)24(36)21(12)33/h2-9,31,34-35H,1H3.